The van der Waals surface area contributed by atoms with Crippen molar-refractivity contribution in [2.45, 2.75) is 51.0 Å². The lowest BCUT2D eigenvalue weighted by molar-refractivity contribution is -0.163. The fourth-order valence-corrected chi connectivity index (χ4v) is 4.30. The van der Waals surface area contributed by atoms with Crippen molar-refractivity contribution < 1.29 is 14.5 Å². The Morgan fingerprint density at radius 1 is 1.47 bits per heavy atom. The fourth-order valence-electron chi connectivity index (χ4n) is 4.30. The summed E-state index contributed by atoms with van der Waals surface area (Å²) in [7, 11) is -0.872. The molecule has 2 aliphatic carbocycles. The van der Waals surface area contributed by atoms with E-state index in [0.29, 0.717) is 12.2 Å². The van der Waals surface area contributed by atoms with Crippen molar-refractivity contribution in [3.8, 4) is 0 Å². The maximum Gasteiger partial charge on any atom is 0.487 e. The van der Waals surface area contributed by atoms with Gasteiger partial charge in [-0.25, -0.2) is 0 Å². The zero-order valence-electron chi connectivity index (χ0n) is 10.4. The lowest BCUT2D eigenvalue weighted by Crippen LogP contribution is -2.59. The second-order valence-electron chi connectivity index (χ2n) is 5.99. The van der Waals surface area contributed by atoms with Gasteiger partial charge in [-0.1, -0.05) is 6.42 Å². The van der Waals surface area contributed by atoms with Crippen LogP contribution in [0.4, 0.5) is 0 Å². The predicted molar refractivity (Wildman–Crippen MR) is 65.2 cm³/mol. The van der Waals surface area contributed by atoms with E-state index in [2.05, 4.69) is 6.58 Å². The van der Waals surface area contributed by atoms with Gasteiger partial charge in [0.1, 0.15) is 5.78 Å². The minimum atomic E-state index is -0.872. The van der Waals surface area contributed by atoms with E-state index in [0.717, 1.165) is 37.6 Å². The molecule has 1 aliphatic heterocycles. The van der Waals surface area contributed by atoms with Crippen LogP contribution in [0.1, 0.15) is 45.4 Å². The molecular weight excluding hydrogens is 215 g/mol. The van der Waals surface area contributed by atoms with Crippen molar-refractivity contribution in [2.24, 2.45) is 11.3 Å². The highest BCUT2D eigenvalue weighted by molar-refractivity contribution is 6.53. The molecule has 0 aromatic carbocycles. The van der Waals surface area contributed by atoms with Crippen LogP contribution < -0.4 is 0 Å². The second kappa shape index (κ2) is 3.45. The molecule has 3 atom stereocenters. The Morgan fingerprint density at radius 3 is 3.00 bits per heavy atom. The van der Waals surface area contributed by atoms with Gasteiger partial charge in [0.25, 0.3) is 0 Å². The number of carbonyl (C=O) groups excluding carboxylic acids is 1. The van der Waals surface area contributed by atoms with E-state index in [1.807, 2.05) is 6.92 Å². The Balaban J connectivity index is 2.10. The third-order valence-corrected chi connectivity index (χ3v) is 5.32. The van der Waals surface area contributed by atoms with Crippen LogP contribution >= 0.6 is 0 Å². The van der Waals surface area contributed by atoms with Crippen LogP contribution in [0, 0.1) is 11.3 Å². The van der Waals surface area contributed by atoms with Gasteiger partial charge in [-0.2, -0.15) is 0 Å². The van der Waals surface area contributed by atoms with E-state index in [9.17, 15) is 9.82 Å². The Morgan fingerprint density at radius 2 is 2.24 bits per heavy atom. The molecule has 1 N–H and O–H groups in total. The molecule has 3 fully saturated rings. The van der Waals surface area contributed by atoms with Gasteiger partial charge < -0.3 is 9.68 Å². The quantitative estimate of drug-likeness (QED) is 0.651. The molecule has 4 heteroatoms. The number of Topliss-reactive ketones (excluding diaryl/α,β-unsaturated/α-hetero) is 1. The Hall–Kier alpha value is -0.605. The molecule has 1 saturated heterocycles. The van der Waals surface area contributed by atoms with Gasteiger partial charge in [-0.15, -0.1) is 6.58 Å². The average molecular weight is 234 g/mol. The van der Waals surface area contributed by atoms with Gasteiger partial charge in [0, 0.05) is 12.3 Å². The summed E-state index contributed by atoms with van der Waals surface area (Å²) in [6.07, 6.45) is 5.35. The highest BCUT2D eigenvalue weighted by Crippen LogP contribution is 2.60. The topological polar surface area (TPSA) is 46.5 Å². The van der Waals surface area contributed by atoms with Crippen molar-refractivity contribution in [3.05, 3.63) is 12.1 Å². The summed E-state index contributed by atoms with van der Waals surface area (Å²) in [6.45, 7) is 6.01. The number of rotatable bonds is 0. The van der Waals surface area contributed by atoms with Gasteiger partial charge in [-0.05, 0) is 38.1 Å². The monoisotopic (exact) mass is 234 g/mol. The van der Waals surface area contributed by atoms with Crippen LogP contribution in [0.2, 0.25) is 0 Å². The highest BCUT2D eigenvalue weighted by Gasteiger charge is 2.66. The minimum absolute atomic E-state index is 0.167. The van der Waals surface area contributed by atoms with Crippen LogP contribution in [0.5, 0.6) is 0 Å². The second-order valence-corrected chi connectivity index (χ2v) is 5.99. The summed E-state index contributed by atoms with van der Waals surface area (Å²) in [5.74, 6) is 0.482. The van der Waals surface area contributed by atoms with Gasteiger partial charge in [-0.3, -0.25) is 4.79 Å². The average Bonchev–Trinajstić information content (AvgIpc) is 2.53. The zero-order chi connectivity index (χ0) is 12.3. The summed E-state index contributed by atoms with van der Waals surface area (Å²) in [4.78, 5) is 12.3. The first-order chi connectivity index (χ1) is 8.01. The molecule has 92 valence electrons. The molecule has 3 nitrogen and oxygen atoms in total. The normalized spacial score (nSPS) is 45.8. The molecule has 0 amide bonds. The molecule has 0 aromatic heterocycles. The van der Waals surface area contributed by atoms with Crippen molar-refractivity contribution in [2.75, 3.05) is 0 Å². The van der Waals surface area contributed by atoms with E-state index >= 15 is 0 Å². The maximum atomic E-state index is 12.3. The molecule has 0 aromatic rings. The van der Waals surface area contributed by atoms with Crippen molar-refractivity contribution in [1.82, 2.24) is 0 Å². The maximum absolute atomic E-state index is 12.3. The fraction of sp³-hybridized carbons (Fsp3) is 0.769. The summed E-state index contributed by atoms with van der Waals surface area (Å²) >= 11 is 0. The number of ketones is 1. The first-order valence-corrected chi connectivity index (χ1v) is 6.59. The van der Waals surface area contributed by atoms with Gasteiger partial charge in [0.15, 0.2) is 0 Å². The van der Waals surface area contributed by atoms with Crippen LogP contribution in [0.15, 0.2) is 12.1 Å². The number of hydrogen-bond acceptors (Lipinski definition) is 3. The number of carbonyl (C=O) groups is 1. The Labute approximate surface area is 102 Å². The van der Waals surface area contributed by atoms with Crippen LogP contribution in [0.25, 0.3) is 0 Å². The van der Waals surface area contributed by atoms with E-state index in [4.69, 9.17) is 4.65 Å². The first kappa shape index (κ1) is 11.5. The Kier molecular flexibility index (Phi) is 2.33. The molecule has 1 unspecified atom stereocenters. The molecule has 1 heterocycles. The minimum Gasteiger partial charge on any atom is -0.423 e. The van der Waals surface area contributed by atoms with Crippen molar-refractivity contribution in [1.29, 1.82) is 0 Å². The van der Waals surface area contributed by atoms with E-state index in [1.165, 1.54) is 0 Å². The molecule has 3 rings (SSSR count). The lowest BCUT2D eigenvalue weighted by atomic mass is 9.52. The molecule has 1 spiro atoms. The highest BCUT2D eigenvalue weighted by atomic mass is 16.5. The van der Waals surface area contributed by atoms with Crippen LogP contribution in [0.3, 0.4) is 0 Å². The van der Waals surface area contributed by atoms with Crippen molar-refractivity contribution >= 4 is 12.9 Å². The summed E-state index contributed by atoms with van der Waals surface area (Å²) < 4.78 is 5.88. The van der Waals surface area contributed by atoms with Crippen LogP contribution in [-0.2, 0) is 9.45 Å². The SMILES string of the molecule is C=C1B(O)O[C@@]23CCCC(=O)[C@]2(C)CCCC13. The van der Waals surface area contributed by atoms with E-state index in [-0.39, 0.29) is 5.92 Å². The molecule has 3 aliphatic rings. The van der Waals surface area contributed by atoms with E-state index < -0.39 is 18.1 Å². The summed E-state index contributed by atoms with van der Waals surface area (Å²) in [5.41, 5.74) is -0.0864. The van der Waals surface area contributed by atoms with E-state index in [1.54, 1.807) is 0 Å². The standard InChI is InChI=1S/C13H19BO3/c1-9-10-5-3-7-12(2)11(15)6-4-8-13(10,12)17-14(9)16/h10,16H,1,3-8H2,2H3/t10?,12-,13+/m0/s1. The number of hydrogen-bond donors (Lipinski definition) is 1. The first-order valence-electron chi connectivity index (χ1n) is 6.59. The smallest absolute Gasteiger partial charge is 0.423 e. The molecule has 2 saturated carbocycles. The van der Waals surface area contributed by atoms with Crippen LogP contribution in [-0.4, -0.2) is 23.5 Å². The van der Waals surface area contributed by atoms with Gasteiger partial charge >= 0.3 is 7.12 Å². The Bertz CT molecular complexity index is 394. The molecule has 0 bridgehead atoms. The predicted octanol–water partition coefficient (Wildman–Crippen LogP) is 1.89. The molecule has 17 heavy (non-hydrogen) atoms. The zero-order valence-corrected chi connectivity index (χ0v) is 10.4. The third kappa shape index (κ3) is 1.23. The third-order valence-electron chi connectivity index (χ3n) is 5.32. The molecular formula is C13H19BO3. The lowest BCUT2D eigenvalue weighted by Gasteiger charge is -2.54. The summed E-state index contributed by atoms with van der Waals surface area (Å²) in [6, 6.07) is 0. The van der Waals surface area contributed by atoms with Gasteiger partial charge in [0.05, 0.1) is 11.0 Å². The largest absolute Gasteiger partial charge is 0.487 e. The van der Waals surface area contributed by atoms with Crippen molar-refractivity contribution in [3.63, 3.8) is 0 Å². The van der Waals surface area contributed by atoms with Gasteiger partial charge in [0.2, 0.25) is 0 Å². The molecule has 0 radical (unpaired) electrons. The summed E-state index contributed by atoms with van der Waals surface area (Å²) in [5, 5.41) is 9.93.